The van der Waals surface area contributed by atoms with E-state index in [0.29, 0.717) is 5.52 Å². The smallest absolute Gasteiger partial charge is 0.160 e. The maximum atomic E-state index is 9.25. The van der Waals surface area contributed by atoms with Gasteiger partial charge < -0.3 is 5.11 Å². The van der Waals surface area contributed by atoms with E-state index in [1.807, 2.05) is 12.1 Å². The Labute approximate surface area is 63.3 Å². The molecule has 0 aliphatic carbocycles. The van der Waals surface area contributed by atoms with Gasteiger partial charge in [-0.25, -0.2) is 0 Å². The zero-order valence-electron chi connectivity index (χ0n) is 5.73. The summed E-state index contributed by atoms with van der Waals surface area (Å²) in [7, 11) is 0. The molecule has 54 valence electrons. The van der Waals surface area contributed by atoms with Gasteiger partial charge in [-0.15, -0.1) is 0 Å². The molecule has 0 bridgehead atoms. The summed E-state index contributed by atoms with van der Waals surface area (Å²) in [6.45, 7) is 0. The van der Waals surface area contributed by atoms with Crippen molar-refractivity contribution < 1.29 is 5.11 Å². The summed E-state index contributed by atoms with van der Waals surface area (Å²) >= 11 is 0. The monoisotopic (exact) mass is 146 g/mol. The van der Waals surface area contributed by atoms with Crippen molar-refractivity contribution in [2.45, 2.75) is 0 Å². The molecular formula is C8H6N2O. The molecule has 0 saturated heterocycles. The molecule has 0 radical (unpaired) electrons. The molecule has 0 unspecified atom stereocenters. The summed E-state index contributed by atoms with van der Waals surface area (Å²) in [6.07, 6.45) is 4.69. The fraction of sp³-hybridized carbons (Fsp3) is 0. The molecule has 0 aromatic carbocycles. The van der Waals surface area contributed by atoms with Crippen molar-refractivity contribution in [1.29, 1.82) is 0 Å². The van der Waals surface area contributed by atoms with Crippen LogP contribution in [0.15, 0.2) is 30.7 Å². The molecule has 0 aliphatic heterocycles. The Morgan fingerprint density at radius 2 is 2.18 bits per heavy atom. The predicted molar refractivity (Wildman–Crippen MR) is 41.2 cm³/mol. The van der Waals surface area contributed by atoms with E-state index in [0.717, 1.165) is 5.39 Å². The second-order valence-corrected chi connectivity index (χ2v) is 2.23. The normalized spacial score (nSPS) is 10.2. The quantitative estimate of drug-likeness (QED) is 0.610. The van der Waals surface area contributed by atoms with Gasteiger partial charge in [-0.3, -0.25) is 9.97 Å². The molecule has 0 aliphatic rings. The molecule has 0 saturated carbocycles. The maximum absolute atomic E-state index is 9.25. The Hall–Kier alpha value is -1.64. The van der Waals surface area contributed by atoms with Gasteiger partial charge in [0.05, 0.1) is 6.20 Å². The highest BCUT2D eigenvalue weighted by molar-refractivity contribution is 5.82. The van der Waals surface area contributed by atoms with Crippen molar-refractivity contribution in [3.8, 4) is 5.75 Å². The van der Waals surface area contributed by atoms with Crippen LogP contribution in [0, 0.1) is 0 Å². The second kappa shape index (κ2) is 2.20. The molecule has 2 aromatic heterocycles. The second-order valence-electron chi connectivity index (χ2n) is 2.23. The lowest BCUT2D eigenvalue weighted by Gasteiger charge is -1.95. The Bertz CT molecular complexity index is 381. The average molecular weight is 146 g/mol. The zero-order valence-corrected chi connectivity index (χ0v) is 5.73. The minimum absolute atomic E-state index is 0.128. The molecule has 0 atom stereocenters. The maximum Gasteiger partial charge on any atom is 0.160 e. The Kier molecular flexibility index (Phi) is 1.22. The number of nitrogens with zero attached hydrogens (tertiary/aromatic N) is 2. The number of aromatic nitrogens is 2. The molecular weight excluding hydrogens is 140 g/mol. The highest BCUT2D eigenvalue weighted by Gasteiger charge is 1.97. The molecule has 2 rings (SSSR count). The van der Waals surface area contributed by atoms with E-state index < -0.39 is 0 Å². The van der Waals surface area contributed by atoms with Crippen molar-refractivity contribution in [2.75, 3.05) is 0 Å². The highest BCUT2D eigenvalue weighted by Crippen LogP contribution is 2.18. The number of hydrogen-bond acceptors (Lipinski definition) is 3. The molecule has 11 heavy (non-hydrogen) atoms. The molecule has 1 N–H and O–H groups in total. The van der Waals surface area contributed by atoms with Crippen LogP contribution in [0.5, 0.6) is 5.75 Å². The first-order valence-electron chi connectivity index (χ1n) is 3.25. The van der Waals surface area contributed by atoms with Gasteiger partial charge in [0.25, 0.3) is 0 Å². The van der Waals surface area contributed by atoms with E-state index in [9.17, 15) is 5.11 Å². The van der Waals surface area contributed by atoms with E-state index in [1.165, 1.54) is 6.20 Å². The molecule has 3 heteroatoms. The van der Waals surface area contributed by atoms with Crippen LogP contribution in [0.25, 0.3) is 10.9 Å². The first-order valence-corrected chi connectivity index (χ1v) is 3.25. The van der Waals surface area contributed by atoms with Crippen molar-refractivity contribution in [3.05, 3.63) is 30.7 Å². The minimum Gasteiger partial charge on any atom is -0.504 e. The van der Waals surface area contributed by atoms with Gasteiger partial charge in [-0.05, 0) is 12.1 Å². The molecule has 0 fully saturated rings. The third kappa shape index (κ3) is 0.902. The Balaban J connectivity index is 2.91. The number of aromatic hydroxyl groups is 1. The van der Waals surface area contributed by atoms with Crippen LogP contribution in [0.1, 0.15) is 0 Å². The van der Waals surface area contributed by atoms with Gasteiger partial charge in [-0.1, -0.05) is 0 Å². The fourth-order valence-electron chi connectivity index (χ4n) is 0.985. The van der Waals surface area contributed by atoms with E-state index in [1.54, 1.807) is 12.4 Å². The fourth-order valence-corrected chi connectivity index (χ4v) is 0.985. The van der Waals surface area contributed by atoms with Gasteiger partial charge in [0, 0.05) is 17.8 Å². The highest BCUT2D eigenvalue weighted by atomic mass is 16.3. The van der Waals surface area contributed by atoms with E-state index in [4.69, 9.17) is 0 Å². The van der Waals surface area contributed by atoms with Crippen LogP contribution >= 0.6 is 0 Å². The lowest BCUT2D eigenvalue weighted by Crippen LogP contribution is -1.79. The van der Waals surface area contributed by atoms with Crippen LogP contribution in [-0.2, 0) is 0 Å². The topological polar surface area (TPSA) is 46.0 Å². The number of rotatable bonds is 0. The van der Waals surface area contributed by atoms with Crippen LogP contribution in [0.4, 0.5) is 0 Å². The minimum atomic E-state index is 0.128. The first kappa shape index (κ1) is 6.09. The van der Waals surface area contributed by atoms with Crippen molar-refractivity contribution >= 4 is 10.9 Å². The number of fused-ring (bicyclic) bond motifs is 1. The van der Waals surface area contributed by atoms with E-state index in [2.05, 4.69) is 9.97 Å². The summed E-state index contributed by atoms with van der Waals surface area (Å²) < 4.78 is 0. The van der Waals surface area contributed by atoms with Crippen molar-refractivity contribution in [1.82, 2.24) is 9.97 Å². The van der Waals surface area contributed by atoms with Gasteiger partial charge in [0.2, 0.25) is 0 Å². The standard InChI is InChI=1S/C8H6N2O/c11-7-5-9-4-6-2-1-3-10-8(6)7/h1-5,11H. The summed E-state index contributed by atoms with van der Waals surface area (Å²) in [5.74, 6) is 0.128. The van der Waals surface area contributed by atoms with Gasteiger partial charge in [-0.2, -0.15) is 0 Å². The molecule has 0 amide bonds. The van der Waals surface area contributed by atoms with Crippen LogP contribution < -0.4 is 0 Å². The lowest BCUT2D eigenvalue weighted by molar-refractivity contribution is 0.478. The third-order valence-electron chi connectivity index (χ3n) is 1.49. The zero-order chi connectivity index (χ0) is 7.68. The number of pyridine rings is 2. The molecule has 0 spiro atoms. The predicted octanol–water partition coefficient (Wildman–Crippen LogP) is 1.34. The van der Waals surface area contributed by atoms with Gasteiger partial charge in [0.1, 0.15) is 5.52 Å². The van der Waals surface area contributed by atoms with E-state index >= 15 is 0 Å². The van der Waals surface area contributed by atoms with Crippen LogP contribution in [0.3, 0.4) is 0 Å². The van der Waals surface area contributed by atoms with E-state index in [-0.39, 0.29) is 5.75 Å². The Morgan fingerprint density at radius 3 is 3.00 bits per heavy atom. The summed E-state index contributed by atoms with van der Waals surface area (Å²) in [5.41, 5.74) is 0.600. The van der Waals surface area contributed by atoms with Gasteiger partial charge >= 0.3 is 0 Å². The SMILES string of the molecule is Oc1cncc2cccnc12. The average Bonchev–Trinajstić information content (AvgIpc) is 2.06. The molecule has 2 heterocycles. The summed E-state index contributed by atoms with van der Waals surface area (Å²) in [6, 6.07) is 3.67. The van der Waals surface area contributed by atoms with Gasteiger partial charge in [0.15, 0.2) is 5.75 Å². The number of hydrogen-bond donors (Lipinski definition) is 1. The summed E-state index contributed by atoms with van der Waals surface area (Å²) in [4.78, 5) is 7.81. The lowest BCUT2D eigenvalue weighted by atomic mass is 10.3. The third-order valence-corrected chi connectivity index (χ3v) is 1.49. The van der Waals surface area contributed by atoms with Crippen LogP contribution in [0.2, 0.25) is 0 Å². The Morgan fingerprint density at radius 1 is 1.27 bits per heavy atom. The largest absolute Gasteiger partial charge is 0.504 e. The van der Waals surface area contributed by atoms with Crippen molar-refractivity contribution in [3.63, 3.8) is 0 Å². The molecule has 2 aromatic rings. The summed E-state index contributed by atoms with van der Waals surface area (Å²) in [5, 5.41) is 10.1. The first-order chi connectivity index (χ1) is 5.38. The molecule has 3 nitrogen and oxygen atoms in total. The van der Waals surface area contributed by atoms with Crippen LogP contribution in [-0.4, -0.2) is 15.1 Å². The van der Waals surface area contributed by atoms with Crippen molar-refractivity contribution in [2.24, 2.45) is 0 Å².